The van der Waals surface area contributed by atoms with Gasteiger partial charge in [0.25, 0.3) is 0 Å². The van der Waals surface area contributed by atoms with Crippen molar-refractivity contribution in [2.45, 2.75) is 27.7 Å². The summed E-state index contributed by atoms with van der Waals surface area (Å²) in [6, 6.07) is 7.13. The molecular formula is C24H30N2O. The molecule has 1 aliphatic heterocycles. The van der Waals surface area contributed by atoms with E-state index in [2.05, 4.69) is 36.6 Å². The molecular weight excluding hydrogens is 332 g/mol. The quantitative estimate of drug-likeness (QED) is 0.530. The zero-order chi connectivity index (χ0) is 20.7. The number of aromatic hydroxyl groups is 1. The van der Waals surface area contributed by atoms with Crippen LogP contribution in [0.3, 0.4) is 0 Å². The predicted molar refractivity (Wildman–Crippen MR) is 119 cm³/mol. The standard InChI is InChI=1S/C17H16N2O.C4H8.C3H6/c1-4-5-8-11-19-12-16(18-13(2)14(19)3)15-9-6-7-10-17(15)20;1-3-4-2;1-3-2/h6-11,20H,2-3,12H2,1H3;3-4H,1-2H3;3H,1H2,2H3/b11-8+;4-3-;. The Bertz CT molecular complexity index is 782. The highest BCUT2D eigenvalue weighted by Gasteiger charge is 2.20. The van der Waals surface area contributed by atoms with Crippen LogP contribution in [0.5, 0.6) is 5.75 Å². The molecule has 1 heterocycles. The number of para-hydroxylation sites is 1. The van der Waals surface area contributed by atoms with Gasteiger partial charge in [-0.1, -0.05) is 49.4 Å². The number of benzene rings is 1. The minimum absolute atomic E-state index is 0.212. The lowest BCUT2D eigenvalue weighted by Gasteiger charge is -2.28. The molecule has 27 heavy (non-hydrogen) atoms. The topological polar surface area (TPSA) is 35.8 Å². The first-order valence-electron chi connectivity index (χ1n) is 8.70. The summed E-state index contributed by atoms with van der Waals surface area (Å²) in [6.45, 7) is 19.4. The molecule has 0 amide bonds. The van der Waals surface area contributed by atoms with Crippen LogP contribution in [-0.4, -0.2) is 22.3 Å². The summed E-state index contributed by atoms with van der Waals surface area (Å²) < 4.78 is 0. The first kappa shape index (κ1) is 23.8. The Morgan fingerprint density at radius 3 is 2.26 bits per heavy atom. The molecule has 0 spiro atoms. The van der Waals surface area contributed by atoms with Crippen molar-refractivity contribution in [2.75, 3.05) is 6.54 Å². The average Bonchev–Trinajstić information content (AvgIpc) is 2.66. The molecule has 0 bridgehead atoms. The van der Waals surface area contributed by atoms with Gasteiger partial charge in [-0.15, -0.1) is 12.5 Å². The molecule has 0 aliphatic carbocycles. The van der Waals surface area contributed by atoms with Crippen molar-refractivity contribution >= 4 is 5.71 Å². The molecule has 142 valence electrons. The summed E-state index contributed by atoms with van der Waals surface area (Å²) in [6.07, 6.45) is 9.35. The Labute approximate surface area is 164 Å². The van der Waals surface area contributed by atoms with Crippen LogP contribution in [0.25, 0.3) is 0 Å². The highest BCUT2D eigenvalue weighted by Crippen LogP contribution is 2.25. The zero-order valence-electron chi connectivity index (χ0n) is 16.9. The molecule has 0 aromatic heterocycles. The Morgan fingerprint density at radius 1 is 1.15 bits per heavy atom. The first-order chi connectivity index (χ1) is 13.0. The maximum Gasteiger partial charge on any atom is 0.124 e. The van der Waals surface area contributed by atoms with Crippen LogP contribution in [0.15, 0.2) is 90.9 Å². The van der Waals surface area contributed by atoms with E-state index in [0.29, 0.717) is 17.8 Å². The van der Waals surface area contributed by atoms with Crippen molar-refractivity contribution in [3.63, 3.8) is 0 Å². The smallest absolute Gasteiger partial charge is 0.124 e. The van der Waals surface area contributed by atoms with E-state index in [1.807, 2.05) is 56.2 Å². The van der Waals surface area contributed by atoms with Gasteiger partial charge >= 0.3 is 0 Å². The third-order valence-corrected chi connectivity index (χ3v) is 3.30. The fraction of sp³-hybridized carbons (Fsp3) is 0.208. The predicted octanol–water partition coefficient (Wildman–Crippen LogP) is 5.84. The Hall–Kier alpha value is -3.25. The van der Waals surface area contributed by atoms with Gasteiger partial charge in [-0.3, -0.25) is 0 Å². The molecule has 0 fully saturated rings. The van der Waals surface area contributed by atoms with Crippen LogP contribution in [0.1, 0.15) is 33.3 Å². The van der Waals surface area contributed by atoms with Gasteiger partial charge in [0.05, 0.1) is 23.7 Å². The van der Waals surface area contributed by atoms with Gasteiger partial charge in [0.2, 0.25) is 0 Å². The second kappa shape index (κ2) is 14.0. The number of hydrogen-bond donors (Lipinski definition) is 1. The second-order valence-corrected chi connectivity index (χ2v) is 5.38. The number of allylic oxidation sites excluding steroid dienone is 4. The van der Waals surface area contributed by atoms with E-state index < -0.39 is 0 Å². The van der Waals surface area contributed by atoms with Crippen molar-refractivity contribution in [1.29, 1.82) is 0 Å². The van der Waals surface area contributed by atoms with E-state index in [4.69, 9.17) is 0 Å². The second-order valence-electron chi connectivity index (χ2n) is 5.38. The number of nitrogens with zero attached hydrogens (tertiary/aromatic N) is 2. The van der Waals surface area contributed by atoms with Crippen LogP contribution in [0.4, 0.5) is 0 Å². The summed E-state index contributed by atoms with van der Waals surface area (Å²) >= 11 is 0. The molecule has 1 aliphatic rings. The van der Waals surface area contributed by atoms with Crippen molar-refractivity contribution in [1.82, 2.24) is 4.90 Å². The van der Waals surface area contributed by atoms with E-state index in [-0.39, 0.29) is 5.75 Å². The van der Waals surface area contributed by atoms with E-state index in [1.54, 1.807) is 31.2 Å². The zero-order valence-corrected chi connectivity index (χ0v) is 16.9. The summed E-state index contributed by atoms with van der Waals surface area (Å²) in [7, 11) is 0. The molecule has 3 heteroatoms. The van der Waals surface area contributed by atoms with Crippen molar-refractivity contribution in [3.05, 3.63) is 91.5 Å². The van der Waals surface area contributed by atoms with Gasteiger partial charge in [0.15, 0.2) is 0 Å². The number of aliphatic imine (C=N–C) groups is 1. The summed E-state index contributed by atoms with van der Waals surface area (Å²) in [5.41, 5.74) is 2.79. The van der Waals surface area contributed by atoms with Gasteiger partial charge in [-0.2, -0.15) is 0 Å². The molecule has 0 saturated carbocycles. The average molecular weight is 363 g/mol. The summed E-state index contributed by atoms with van der Waals surface area (Å²) in [4.78, 5) is 6.34. The fourth-order valence-corrected chi connectivity index (χ4v) is 1.90. The monoisotopic (exact) mass is 362 g/mol. The van der Waals surface area contributed by atoms with Gasteiger partial charge in [-0.05, 0) is 39.8 Å². The molecule has 3 nitrogen and oxygen atoms in total. The van der Waals surface area contributed by atoms with Gasteiger partial charge in [-0.25, -0.2) is 4.99 Å². The van der Waals surface area contributed by atoms with E-state index in [1.165, 1.54) is 0 Å². The van der Waals surface area contributed by atoms with Crippen LogP contribution in [0, 0.1) is 11.8 Å². The number of hydrogen-bond acceptors (Lipinski definition) is 3. The third-order valence-electron chi connectivity index (χ3n) is 3.30. The fourth-order valence-electron chi connectivity index (χ4n) is 1.90. The molecule has 2 rings (SSSR count). The molecule has 0 unspecified atom stereocenters. The maximum absolute atomic E-state index is 9.92. The summed E-state index contributed by atoms with van der Waals surface area (Å²) in [5.74, 6) is 5.88. The SMILES string of the molecule is C/C=C\C.C=C1N=C(c2ccccc2O)CN(/C=C/C#CC)C1=C.C=CC. The third kappa shape index (κ3) is 8.60. The van der Waals surface area contributed by atoms with Crippen LogP contribution < -0.4 is 0 Å². The molecule has 0 saturated heterocycles. The number of phenolic OH excluding ortho intramolecular Hbond substituents is 1. The molecule has 1 aromatic carbocycles. The lowest BCUT2D eigenvalue weighted by atomic mass is 10.1. The number of phenols is 1. The van der Waals surface area contributed by atoms with Gasteiger partial charge in [0, 0.05) is 17.8 Å². The lowest BCUT2D eigenvalue weighted by molar-refractivity contribution is 0.472. The minimum Gasteiger partial charge on any atom is -0.507 e. The number of rotatable bonds is 2. The van der Waals surface area contributed by atoms with Gasteiger partial charge in [0.1, 0.15) is 5.75 Å². The molecule has 0 atom stereocenters. The van der Waals surface area contributed by atoms with Crippen molar-refractivity contribution in [3.8, 4) is 17.6 Å². The molecule has 1 N–H and O–H groups in total. The maximum atomic E-state index is 9.92. The van der Waals surface area contributed by atoms with Gasteiger partial charge < -0.3 is 10.0 Å². The highest BCUT2D eigenvalue weighted by atomic mass is 16.3. The highest BCUT2D eigenvalue weighted by molar-refractivity contribution is 6.05. The summed E-state index contributed by atoms with van der Waals surface area (Å²) in [5, 5.41) is 9.92. The Balaban J connectivity index is 0.000000836. The lowest BCUT2D eigenvalue weighted by Crippen LogP contribution is -2.29. The van der Waals surface area contributed by atoms with Crippen LogP contribution >= 0.6 is 0 Å². The van der Waals surface area contributed by atoms with E-state index >= 15 is 0 Å². The Morgan fingerprint density at radius 2 is 1.74 bits per heavy atom. The van der Waals surface area contributed by atoms with Crippen molar-refractivity contribution in [2.24, 2.45) is 4.99 Å². The van der Waals surface area contributed by atoms with Crippen LogP contribution in [0.2, 0.25) is 0 Å². The van der Waals surface area contributed by atoms with Crippen LogP contribution in [-0.2, 0) is 0 Å². The van der Waals surface area contributed by atoms with E-state index in [9.17, 15) is 5.11 Å². The normalized spacial score (nSPS) is 13.0. The molecule has 0 radical (unpaired) electrons. The van der Waals surface area contributed by atoms with Crippen molar-refractivity contribution < 1.29 is 5.11 Å². The largest absolute Gasteiger partial charge is 0.507 e. The first-order valence-corrected chi connectivity index (χ1v) is 8.70. The molecule has 1 aromatic rings. The Kier molecular flexibility index (Phi) is 12.3. The van der Waals surface area contributed by atoms with E-state index in [0.717, 1.165) is 11.4 Å². The minimum atomic E-state index is 0.212.